The SMILES string of the molecule is C[SiH](C)OC(C#CC1C(O[Si](C)(C)C(C)(C)C)CCC2/C(=C\CCCO)CC21)(C1CCCC1)C(C)(C)C. The third-order valence-corrected chi connectivity index (χ3v) is 15.3. The van der Waals surface area contributed by atoms with Crippen molar-refractivity contribution in [2.45, 2.75) is 142 Å². The third-order valence-electron chi connectivity index (χ3n) is 10.00. The smallest absolute Gasteiger partial charge is 0.192 e. The molecule has 3 aliphatic rings. The highest BCUT2D eigenvalue weighted by atomic mass is 28.4. The maximum absolute atomic E-state index is 9.25. The quantitative estimate of drug-likeness (QED) is 0.145. The summed E-state index contributed by atoms with van der Waals surface area (Å²) < 4.78 is 14.2. The predicted octanol–water partition coefficient (Wildman–Crippen LogP) is 8.10. The summed E-state index contributed by atoms with van der Waals surface area (Å²) in [6.45, 7) is 23.8. The fourth-order valence-corrected chi connectivity index (χ4v) is 9.58. The molecule has 0 amide bonds. The molecule has 0 radical (unpaired) electrons. The van der Waals surface area contributed by atoms with E-state index in [0.717, 1.165) is 25.7 Å². The monoisotopic (exact) mass is 546 g/mol. The van der Waals surface area contributed by atoms with Crippen molar-refractivity contribution in [2.24, 2.45) is 29.1 Å². The first-order valence-electron chi connectivity index (χ1n) is 15.3. The van der Waals surface area contributed by atoms with Gasteiger partial charge in [0.15, 0.2) is 17.4 Å². The molecule has 0 aromatic rings. The number of hydrogen-bond acceptors (Lipinski definition) is 3. The molecule has 3 saturated carbocycles. The average Bonchev–Trinajstić information content (AvgIpc) is 3.28. The molecule has 0 heterocycles. The van der Waals surface area contributed by atoms with E-state index in [-0.39, 0.29) is 34.7 Å². The van der Waals surface area contributed by atoms with Crippen LogP contribution in [0.2, 0.25) is 31.2 Å². The van der Waals surface area contributed by atoms with E-state index in [1.165, 1.54) is 32.1 Å². The molecule has 0 aliphatic heterocycles. The fourth-order valence-electron chi connectivity index (χ4n) is 6.86. The van der Waals surface area contributed by atoms with Gasteiger partial charge in [-0.1, -0.05) is 77.9 Å². The van der Waals surface area contributed by atoms with Crippen LogP contribution in [0.15, 0.2) is 11.6 Å². The Morgan fingerprint density at radius 2 is 1.68 bits per heavy atom. The van der Waals surface area contributed by atoms with Gasteiger partial charge in [-0.25, -0.2) is 0 Å². The van der Waals surface area contributed by atoms with Crippen molar-refractivity contribution in [1.29, 1.82) is 0 Å². The number of allylic oxidation sites excluding steroid dienone is 2. The van der Waals surface area contributed by atoms with E-state index < -0.39 is 17.4 Å². The van der Waals surface area contributed by atoms with E-state index in [4.69, 9.17) is 8.85 Å². The summed E-state index contributed by atoms with van der Waals surface area (Å²) in [6.07, 6.45) is 13.1. The lowest BCUT2D eigenvalue weighted by atomic mass is 9.56. The predicted molar refractivity (Wildman–Crippen MR) is 163 cm³/mol. The van der Waals surface area contributed by atoms with Crippen molar-refractivity contribution in [2.75, 3.05) is 6.61 Å². The van der Waals surface area contributed by atoms with Crippen LogP contribution in [0, 0.1) is 40.9 Å². The minimum atomic E-state index is -1.90. The van der Waals surface area contributed by atoms with Crippen LogP contribution >= 0.6 is 0 Å². The van der Waals surface area contributed by atoms with Gasteiger partial charge in [0.05, 0.1) is 6.10 Å². The Morgan fingerprint density at radius 3 is 2.22 bits per heavy atom. The molecule has 212 valence electrons. The van der Waals surface area contributed by atoms with E-state index in [1.54, 1.807) is 5.57 Å². The lowest BCUT2D eigenvalue weighted by Gasteiger charge is -2.52. The minimum absolute atomic E-state index is 0.0227. The standard InChI is InChI=1S/C32H58O3Si2/c1-30(2,3)32(35-36(7)8,25-16-11-12-17-25)21-20-27-28-23-24(15-13-14-22-33)26(28)18-19-29(27)34-37(9,10)31(4,5)6/h15,25-29,33,36H,11-14,16-19,22-23H2,1-10H3/b24-15-. The molecule has 1 N–H and O–H groups in total. The van der Waals surface area contributed by atoms with Gasteiger partial charge in [-0.3, -0.25) is 0 Å². The second-order valence-electron chi connectivity index (χ2n) is 15.0. The van der Waals surface area contributed by atoms with Crippen molar-refractivity contribution in [3.8, 4) is 11.8 Å². The van der Waals surface area contributed by atoms with Crippen LogP contribution in [0.1, 0.15) is 99.3 Å². The van der Waals surface area contributed by atoms with Gasteiger partial charge in [-0.05, 0) is 93.9 Å². The number of unbranched alkanes of at least 4 members (excludes halogenated alkanes) is 1. The first-order valence-corrected chi connectivity index (χ1v) is 21.0. The number of fused-ring (bicyclic) bond motifs is 1. The van der Waals surface area contributed by atoms with Gasteiger partial charge in [0.25, 0.3) is 0 Å². The lowest BCUT2D eigenvalue weighted by molar-refractivity contribution is -0.0319. The van der Waals surface area contributed by atoms with Gasteiger partial charge in [0, 0.05) is 17.9 Å². The van der Waals surface area contributed by atoms with E-state index in [0.29, 0.717) is 17.8 Å². The summed E-state index contributed by atoms with van der Waals surface area (Å²) in [5.74, 6) is 9.99. The number of hydrogen-bond donors (Lipinski definition) is 1. The molecule has 3 rings (SSSR count). The van der Waals surface area contributed by atoms with Gasteiger partial charge < -0.3 is 14.0 Å². The maximum atomic E-state index is 9.25. The highest BCUT2D eigenvalue weighted by Gasteiger charge is 2.52. The summed E-state index contributed by atoms with van der Waals surface area (Å²) in [5, 5.41) is 9.44. The van der Waals surface area contributed by atoms with Gasteiger partial charge in [-0.2, -0.15) is 0 Å². The Kier molecular flexibility index (Phi) is 10.1. The third kappa shape index (κ3) is 6.86. The topological polar surface area (TPSA) is 38.7 Å². The zero-order chi connectivity index (χ0) is 27.6. The molecule has 0 aromatic carbocycles. The van der Waals surface area contributed by atoms with Crippen molar-refractivity contribution in [1.82, 2.24) is 0 Å². The first-order chi connectivity index (χ1) is 17.1. The summed E-state index contributed by atoms with van der Waals surface area (Å²) in [5.41, 5.74) is 1.23. The molecule has 5 heteroatoms. The van der Waals surface area contributed by atoms with Crippen LogP contribution in [0.4, 0.5) is 0 Å². The van der Waals surface area contributed by atoms with Crippen molar-refractivity contribution in [3.63, 3.8) is 0 Å². The molecule has 5 unspecified atom stereocenters. The average molecular weight is 547 g/mol. The second-order valence-corrected chi connectivity index (χ2v) is 22.1. The molecule has 3 nitrogen and oxygen atoms in total. The first kappa shape index (κ1) is 31.1. The summed E-state index contributed by atoms with van der Waals surface area (Å²) >= 11 is 0. The Balaban J connectivity index is 2.00. The van der Waals surface area contributed by atoms with E-state index in [2.05, 4.69) is 85.6 Å². The van der Waals surface area contributed by atoms with Gasteiger partial charge in [0.1, 0.15) is 5.60 Å². The number of aliphatic hydroxyl groups is 1. The highest BCUT2D eigenvalue weighted by Crippen LogP contribution is 2.54. The highest BCUT2D eigenvalue weighted by molar-refractivity contribution is 6.74. The number of rotatable bonds is 8. The largest absolute Gasteiger partial charge is 0.413 e. The zero-order valence-corrected chi connectivity index (χ0v) is 28.0. The lowest BCUT2D eigenvalue weighted by Crippen LogP contribution is -2.53. The Labute approximate surface area is 232 Å². The molecule has 0 bridgehead atoms. The van der Waals surface area contributed by atoms with Gasteiger partial charge >= 0.3 is 0 Å². The summed E-state index contributed by atoms with van der Waals surface area (Å²) in [7, 11) is -3.20. The van der Waals surface area contributed by atoms with Crippen LogP contribution < -0.4 is 0 Å². The maximum Gasteiger partial charge on any atom is 0.192 e. The molecule has 0 aromatic heterocycles. The van der Waals surface area contributed by atoms with E-state index in [9.17, 15) is 5.11 Å². The molecule has 3 fully saturated rings. The molecule has 5 atom stereocenters. The minimum Gasteiger partial charge on any atom is -0.413 e. The van der Waals surface area contributed by atoms with E-state index in [1.807, 2.05) is 0 Å². The van der Waals surface area contributed by atoms with Crippen LogP contribution in [0.25, 0.3) is 0 Å². The van der Waals surface area contributed by atoms with Crippen LogP contribution in [0.5, 0.6) is 0 Å². The van der Waals surface area contributed by atoms with Crippen molar-refractivity contribution in [3.05, 3.63) is 11.6 Å². The van der Waals surface area contributed by atoms with Gasteiger partial charge in [0.2, 0.25) is 0 Å². The second kappa shape index (κ2) is 12.0. The van der Waals surface area contributed by atoms with Crippen LogP contribution in [-0.2, 0) is 8.85 Å². The van der Waals surface area contributed by atoms with Crippen LogP contribution in [0.3, 0.4) is 0 Å². The van der Waals surface area contributed by atoms with Gasteiger partial charge in [-0.15, -0.1) is 0 Å². The van der Waals surface area contributed by atoms with Crippen molar-refractivity contribution < 1.29 is 14.0 Å². The molecule has 0 spiro atoms. The van der Waals surface area contributed by atoms with Crippen LogP contribution in [-0.4, -0.2) is 40.8 Å². The van der Waals surface area contributed by atoms with E-state index >= 15 is 0 Å². The normalized spacial score (nSPS) is 30.0. The summed E-state index contributed by atoms with van der Waals surface area (Å²) in [6, 6.07) is 0. The molecular formula is C32H58O3Si2. The van der Waals surface area contributed by atoms with Crippen molar-refractivity contribution >= 4 is 17.4 Å². The zero-order valence-electron chi connectivity index (χ0n) is 25.9. The molecular weight excluding hydrogens is 489 g/mol. The Hall–Kier alpha value is -0.386. The molecule has 37 heavy (non-hydrogen) atoms. The molecule has 3 aliphatic carbocycles. The fraction of sp³-hybridized carbons (Fsp3) is 0.875. The Bertz CT molecular complexity index is 848. The number of aliphatic hydroxyl groups excluding tert-OH is 1. The Morgan fingerprint density at radius 1 is 1.03 bits per heavy atom. The summed E-state index contributed by atoms with van der Waals surface area (Å²) in [4.78, 5) is 0. The molecule has 0 saturated heterocycles.